The summed E-state index contributed by atoms with van der Waals surface area (Å²) in [5.41, 5.74) is -0.276. The van der Waals surface area contributed by atoms with Crippen LogP contribution in [0, 0.1) is 5.82 Å². The van der Waals surface area contributed by atoms with Crippen molar-refractivity contribution in [2.75, 3.05) is 0 Å². The Labute approximate surface area is 120 Å². The maximum Gasteiger partial charge on any atom is 0.357 e. The van der Waals surface area contributed by atoms with Gasteiger partial charge in [-0.25, -0.2) is 13.9 Å². The zero-order valence-electron chi connectivity index (χ0n) is 9.31. The molecule has 2 aromatic rings. The SMILES string of the molecule is O=C(O)c1nn(COc2ccc(Br)cc2F)cc1Cl. The van der Waals surface area contributed by atoms with E-state index in [2.05, 4.69) is 21.0 Å². The van der Waals surface area contributed by atoms with E-state index >= 15 is 0 Å². The molecule has 0 atom stereocenters. The van der Waals surface area contributed by atoms with E-state index in [-0.39, 0.29) is 23.2 Å². The number of nitrogens with zero attached hydrogens (tertiary/aromatic N) is 2. The van der Waals surface area contributed by atoms with Gasteiger partial charge in [0, 0.05) is 10.7 Å². The summed E-state index contributed by atoms with van der Waals surface area (Å²) in [7, 11) is 0. The lowest BCUT2D eigenvalue weighted by atomic mass is 10.3. The maximum atomic E-state index is 13.5. The van der Waals surface area contributed by atoms with E-state index in [0.29, 0.717) is 4.47 Å². The molecule has 5 nitrogen and oxygen atoms in total. The molecule has 0 amide bonds. The molecule has 1 aromatic heterocycles. The van der Waals surface area contributed by atoms with Crippen LogP contribution in [-0.2, 0) is 6.73 Å². The molecule has 0 bridgehead atoms. The first-order valence-electron chi connectivity index (χ1n) is 5.01. The highest BCUT2D eigenvalue weighted by Crippen LogP contribution is 2.22. The van der Waals surface area contributed by atoms with Gasteiger partial charge in [0.2, 0.25) is 0 Å². The largest absolute Gasteiger partial charge is 0.476 e. The summed E-state index contributed by atoms with van der Waals surface area (Å²) in [6, 6.07) is 4.33. The molecule has 8 heteroatoms. The van der Waals surface area contributed by atoms with Crippen LogP contribution in [-0.4, -0.2) is 20.9 Å². The van der Waals surface area contributed by atoms with Gasteiger partial charge in [-0.3, -0.25) is 0 Å². The fourth-order valence-electron chi connectivity index (χ4n) is 1.34. The monoisotopic (exact) mass is 348 g/mol. The van der Waals surface area contributed by atoms with Gasteiger partial charge in [-0.05, 0) is 18.2 Å². The predicted octanol–water partition coefficient (Wildman–Crippen LogP) is 3.17. The van der Waals surface area contributed by atoms with Gasteiger partial charge in [-0.2, -0.15) is 5.10 Å². The van der Waals surface area contributed by atoms with E-state index in [0.717, 1.165) is 0 Å². The highest BCUT2D eigenvalue weighted by molar-refractivity contribution is 9.10. The van der Waals surface area contributed by atoms with Gasteiger partial charge in [-0.15, -0.1) is 0 Å². The minimum atomic E-state index is -1.24. The molecule has 0 unspecified atom stereocenters. The van der Waals surface area contributed by atoms with Gasteiger partial charge in [0.05, 0.1) is 5.02 Å². The molecule has 0 spiro atoms. The van der Waals surface area contributed by atoms with Crippen LogP contribution in [0.3, 0.4) is 0 Å². The molecule has 2 rings (SSSR count). The number of carboxylic acids is 1. The summed E-state index contributed by atoms with van der Waals surface area (Å²) in [4.78, 5) is 10.7. The van der Waals surface area contributed by atoms with E-state index in [9.17, 15) is 9.18 Å². The van der Waals surface area contributed by atoms with Crippen molar-refractivity contribution in [1.82, 2.24) is 9.78 Å². The number of hydrogen-bond acceptors (Lipinski definition) is 3. The van der Waals surface area contributed by atoms with Crippen LogP contribution in [0.4, 0.5) is 4.39 Å². The minimum Gasteiger partial charge on any atom is -0.476 e. The summed E-state index contributed by atoms with van der Waals surface area (Å²) in [6.07, 6.45) is 1.29. The van der Waals surface area contributed by atoms with Gasteiger partial charge < -0.3 is 9.84 Å². The first kappa shape index (κ1) is 13.8. The quantitative estimate of drug-likeness (QED) is 0.921. The molecule has 0 saturated carbocycles. The van der Waals surface area contributed by atoms with Crippen molar-refractivity contribution in [3.63, 3.8) is 0 Å². The average Bonchev–Trinajstić information content (AvgIpc) is 2.69. The predicted molar refractivity (Wildman–Crippen MR) is 68.9 cm³/mol. The molecule has 1 N–H and O–H groups in total. The van der Waals surface area contributed by atoms with E-state index in [1.165, 1.54) is 23.0 Å². The summed E-state index contributed by atoms with van der Waals surface area (Å²) < 4.78 is 20.4. The number of benzene rings is 1. The van der Waals surface area contributed by atoms with Crippen LogP contribution in [0.25, 0.3) is 0 Å². The molecular formula is C11H7BrClFN2O3. The van der Waals surface area contributed by atoms with Crippen molar-refractivity contribution in [2.45, 2.75) is 6.73 Å². The molecule has 0 aliphatic carbocycles. The van der Waals surface area contributed by atoms with Gasteiger partial charge in [-0.1, -0.05) is 27.5 Å². The first-order chi connectivity index (χ1) is 8.97. The summed E-state index contributed by atoms with van der Waals surface area (Å²) in [5.74, 6) is -1.74. The molecule has 0 aliphatic rings. The van der Waals surface area contributed by atoms with Crippen LogP contribution in [0.1, 0.15) is 10.5 Å². The van der Waals surface area contributed by atoms with Crippen LogP contribution >= 0.6 is 27.5 Å². The number of halogens is 3. The third-order valence-corrected chi connectivity index (χ3v) is 2.94. The van der Waals surface area contributed by atoms with Gasteiger partial charge >= 0.3 is 5.97 Å². The molecule has 19 heavy (non-hydrogen) atoms. The zero-order valence-corrected chi connectivity index (χ0v) is 11.7. The molecular weight excluding hydrogens is 342 g/mol. The lowest BCUT2D eigenvalue weighted by molar-refractivity contribution is 0.0688. The Kier molecular flexibility index (Phi) is 4.06. The molecule has 1 aromatic carbocycles. The van der Waals surface area contributed by atoms with Crippen LogP contribution in [0.5, 0.6) is 5.75 Å². The lowest BCUT2D eigenvalue weighted by Crippen LogP contribution is -2.08. The molecule has 0 radical (unpaired) electrons. The van der Waals surface area contributed by atoms with Gasteiger partial charge in [0.15, 0.2) is 24.0 Å². The van der Waals surface area contributed by atoms with Crippen LogP contribution < -0.4 is 4.74 Å². The van der Waals surface area contributed by atoms with Crippen molar-refractivity contribution < 1.29 is 19.0 Å². The maximum absolute atomic E-state index is 13.5. The van der Waals surface area contributed by atoms with Crippen molar-refractivity contribution in [1.29, 1.82) is 0 Å². The Morgan fingerprint density at radius 1 is 1.58 bits per heavy atom. The number of carbonyl (C=O) groups is 1. The van der Waals surface area contributed by atoms with Crippen molar-refractivity contribution >= 4 is 33.5 Å². The van der Waals surface area contributed by atoms with Crippen molar-refractivity contribution in [2.24, 2.45) is 0 Å². The Morgan fingerprint density at radius 3 is 2.89 bits per heavy atom. The lowest BCUT2D eigenvalue weighted by Gasteiger charge is -2.07. The Balaban J connectivity index is 2.10. The number of aromatic nitrogens is 2. The van der Waals surface area contributed by atoms with E-state index in [1.54, 1.807) is 6.07 Å². The topological polar surface area (TPSA) is 64.3 Å². The van der Waals surface area contributed by atoms with Crippen LogP contribution in [0.15, 0.2) is 28.9 Å². The Hall–Kier alpha value is -1.60. The summed E-state index contributed by atoms with van der Waals surface area (Å²) in [6.45, 7) is -0.147. The number of ether oxygens (including phenoxy) is 1. The number of carboxylic acid groups (broad SMARTS) is 1. The highest BCUT2D eigenvalue weighted by atomic mass is 79.9. The highest BCUT2D eigenvalue weighted by Gasteiger charge is 2.14. The van der Waals surface area contributed by atoms with Gasteiger partial charge in [0.1, 0.15) is 0 Å². The van der Waals surface area contributed by atoms with Gasteiger partial charge in [0.25, 0.3) is 0 Å². The van der Waals surface area contributed by atoms with E-state index < -0.39 is 11.8 Å². The third kappa shape index (κ3) is 3.24. The zero-order chi connectivity index (χ0) is 14.0. The fraction of sp³-hybridized carbons (Fsp3) is 0.0909. The number of hydrogen-bond donors (Lipinski definition) is 1. The number of aromatic carboxylic acids is 1. The molecule has 0 aliphatic heterocycles. The fourth-order valence-corrected chi connectivity index (χ4v) is 1.90. The second-order valence-electron chi connectivity index (χ2n) is 3.52. The van der Waals surface area contributed by atoms with E-state index in [4.69, 9.17) is 21.4 Å². The standard InChI is InChI=1S/C11H7BrClFN2O3/c12-6-1-2-9(8(14)3-6)19-5-16-4-7(13)10(15-16)11(17)18/h1-4H,5H2,(H,17,18). The normalized spacial score (nSPS) is 10.5. The second-order valence-corrected chi connectivity index (χ2v) is 4.84. The smallest absolute Gasteiger partial charge is 0.357 e. The van der Waals surface area contributed by atoms with Crippen LogP contribution in [0.2, 0.25) is 5.02 Å². The molecule has 0 saturated heterocycles. The first-order valence-corrected chi connectivity index (χ1v) is 6.18. The third-order valence-electron chi connectivity index (χ3n) is 2.17. The van der Waals surface area contributed by atoms with E-state index in [1.807, 2.05) is 0 Å². The Bertz CT molecular complexity index is 632. The Morgan fingerprint density at radius 2 is 2.32 bits per heavy atom. The molecule has 1 heterocycles. The summed E-state index contributed by atoms with van der Waals surface area (Å²) >= 11 is 8.80. The van der Waals surface area contributed by atoms with Crippen molar-refractivity contribution in [3.8, 4) is 5.75 Å². The number of rotatable bonds is 4. The second kappa shape index (κ2) is 5.58. The molecule has 0 fully saturated rings. The summed E-state index contributed by atoms with van der Waals surface area (Å²) in [5, 5.41) is 12.5. The van der Waals surface area contributed by atoms with Crippen molar-refractivity contribution in [3.05, 3.63) is 45.4 Å². The average molecular weight is 350 g/mol. The minimum absolute atomic E-state index is 0.00706. The molecule has 100 valence electrons.